The summed E-state index contributed by atoms with van der Waals surface area (Å²) in [5.41, 5.74) is 0.657. The van der Waals surface area contributed by atoms with Gasteiger partial charge in [0.25, 0.3) is 5.91 Å². The van der Waals surface area contributed by atoms with Crippen LogP contribution in [0.15, 0.2) is 24.4 Å². The summed E-state index contributed by atoms with van der Waals surface area (Å²) < 4.78 is 4.94. The van der Waals surface area contributed by atoms with E-state index >= 15 is 0 Å². The van der Waals surface area contributed by atoms with E-state index in [0.29, 0.717) is 25.4 Å². The molecule has 5 nitrogen and oxygen atoms in total. The zero-order chi connectivity index (χ0) is 12.0. The normalized spacial score (nSPS) is 14.7. The lowest BCUT2D eigenvalue weighted by Crippen LogP contribution is -2.36. The highest BCUT2D eigenvalue weighted by Crippen LogP contribution is 2.11. The fourth-order valence-electron chi connectivity index (χ4n) is 1.30. The Hall–Kier alpha value is -1.62. The van der Waals surface area contributed by atoms with Gasteiger partial charge in [-0.15, -0.1) is 0 Å². The summed E-state index contributed by atoms with van der Waals surface area (Å²) in [5, 5.41) is 2.66. The molecular weight excluding hydrogens is 208 g/mol. The fraction of sp³-hybridized carbons (Fsp3) is 0.455. The molecule has 0 fully saturated rings. The third kappa shape index (κ3) is 3.51. The standard InChI is InChI=1S/C11H16N2O3/c1-3-16-8-10(14)12-6-7-13-9(2)4-5-11(13)15/h4-5H,2-3,6-8H2,1H3,(H,12,14). The van der Waals surface area contributed by atoms with Crippen LogP contribution >= 0.6 is 0 Å². The van der Waals surface area contributed by atoms with E-state index < -0.39 is 0 Å². The maximum absolute atomic E-state index is 11.3. The lowest BCUT2D eigenvalue weighted by Gasteiger charge is -2.17. The molecule has 0 aromatic heterocycles. The molecule has 0 saturated carbocycles. The molecule has 2 amide bonds. The van der Waals surface area contributed by atoms with E-state index in [-0.39, 0.29) is 18.4 Å². The van der Waals surface area contributed by atoms with E-state index in [2.05, 4.69) is 11.9 Å². The number of ether oxygens (including phenoxy) is 1. The summed E-state index contributed by atoms with van der Waals surface area (Å²) in [7, 11) is 0. The Kier molecular flexibility index (Phi) is 4.72. The van der Waals surface area contributed by atoms with Gasteiger partial charge >= 0.3 is 0 Å². The van der Waals surface area contributed by atoms with Crippen LogP contribution in [0, 0.1) is 0 Å². The monoisotopic (exact) mass is 224 g/mol. The van der Waals surface area contributed by atoms with Crippen LogP contribution in [-0.4, -0.2) is 43.0 Å². The highest BCUT2D eigenvalue weighted by molar-refractivity contribution is 5.93. The second-order valence-electron chi connectivity index (χ2n) is 3.30. The SMILES string of the molecule is C=C1C=CC(=O)N1CCNC(=O)COCC. The molecule has 0 unspecified atom stereocenters. The molecule has 1 heterocycles. The Morgan fingerprint density at radius 3 is 2.88 bits per heavy atom. The van der Waals surface area contributed by atoms with Crippen molar-refractivity contribution in [1.82, 2.24) is 10.2 Å². The lowest BCUT2D eigenvalue weighted by atomic mass is 10.4. The molecule has 5 heteroatoms. The Balaban J connectivity index is 2.18. The van der Waals surface area contributed by atoms with Crippen molar-refractivity contribution in [2.75, 3.05) is 26.3 Å². The van der Waals surface area contributed by atoms with Gasteiger partial charge in [-0.2, -0.15) is 0 Å². The maximum Gasteiger partial charge on any atom is 0.251 e. The molecule has 0 aliphatic carbocycles. The molecule has 1 N–H and O–H groups in total. The highest BCUT2D eigenvalue weighted by atomic mass is 16.5. The van der Waals surface area contributed by atoms with Gasteiger partial charge in [0.1, 0.15) is 6.61 Å². The molecule has 0 radical (unpaired) electrons. The quantitative estimate of drug-likeness (QED) is 0.693. The number of hydrogen-bond donors (Lipinski definition) is 1. The zero-order valence-electron chi connectivity index (χ0n) is 9.36. The number of allylic oxidation sites excluding steroid dienone is 1. The van der Waals surface area contributed by atoms with Crippen molar-refractivity contribution < 1.29 is 14.3 Å². The van der Waals surface area contributed by atoms with Gasteiger partial charge in [-0.05, 0) is 13.0 Å². The molecule has 0 aromatic carbocycles. The van der Waals surface area contributed by atoms with Crippen LogP contribution in [0.5, 0.6) is 0 Å². The van der Waals surface area contributed by atoms with Crippen LogP contribution in [0.4, 0.5) is 0 Å². The average Bonchev–Trinajstić information content (AvgIpc) is 2.57. The molecule has 16 heavy (non-hydrogen) atoms. The average molecular weight is 224 g/mol. The molecule has 1 aliphatic rings. The Bertz CT molecular complexity index is 305. The van der Waals surface area contributed by atoms with Crippen LogP contribution in [-0.2, 0) is 14.3 Å². The van der Waals surface area contributed by atoms with Crippen molar-refractivity contribution in [1.29, 1.82) is 0 Å². The van der Waals surface area contributed by atoms with Crippen molar-refractivity contribution in [2.24, 2.45) is 0 Å². The zero-order valence-corrected chi connectivity index (χ0v) is 9.36. The first-order chi connectivity index (χ1) is 7.65. The number of rotatable bonds is 6. The van der Waals surface area contributed by atoms with E-state index in [4.69, 9.17) is 4.74 Å². The molecule has 88 valence electrons. The predicted molar refractivity (Wildman–Crippen MR) is 59.5 cm³/mol. The largest absolute Gasteiger partial charge is 0.372 e. The van der Waals surface area contributed by atoms with Gasteiger partial charge in [-0.1, -0.05) is 6.58 Å². The van der Waals surface area contributed by atoms with Gasteiger partial charge < -0.3 is 15.0 Å². The van der Waals surface area contributed by atoms with E-state index in [1.807, 2.05) is 6.92 Å². The van der Waals surface area contributed by atoms with Gasteiger partial charge in [0.2, 0.25) is 5.91 Å². The smallest absolute Gasteiger partial charge is 0.251 e. The van der Waals surface area contributed by atoms with Crippen molar-refractivity contribution in [2.45, 2.75) is 6.92 Å². The summed E-state index contributed by atoms with van der Waals surface area (Å²) >= 11 is 0. The van der Waals surface area contributed by atoms with Crippen LogP contribution in [0.3, 0.4) is 0 Å². The number of nitrogens with one attached hydrogen (secondary N) is 1. The fourth-order valence-corrected chi connectivity index (χ4v) is 1.30. The van der Waals surface area contributed by atoms with Crippen LogP contribution in [0.1, 0.15) is 6.92 Å². The molecule has 1 rings (SSSR count). The molecule has 0 bridgehead atoms. The second-order valence-corrected chi connectivity index (χ2v) is 3.30. The van der Waals surface area contributed by atoms with Gasteiger partial charge in [-0.25, -0.2) is 0 Å². The first-order valence-electron chi connectivity index (χ1n) is 5.18. The Morgan fingerprint density at radius 1 is 1.56 bits per heavy atom. The topological polar surface area (TPSA) is 58.6 Å². The summed E-state index contributed by atoms with van der Waals surface area (Å²) in [6.45, 7) is 6.95. The van der Waals surface area contributed by atoms with Gasteiger partial charge in [0, 0.05) is 31.5 Å². The minimum absolute atomic E-state index is 0.0592. The first-order valence-corrected chi connectivity index (χ1v) is 5.18. The molecule has 0 saturated heterocycles. The molecular formula is C11H16N2O3. The second kappa shape index (κ2) is 6.07. The minimum atomic E-state index is -0.174. The van der Waals surface area contributed by atoms with E-state index in [9.17, 15) is 9.59 Å². The van der Waals surface area contributed by atoms with E-state index in [0.717, 1.165) is 0 Å². The number of amides is 2. The minimum Gasteiger partial charge on any atom is -0.372 e. The number of hydrogen-bond acceptors (Lipinski definition) is 3. The Labute approximate surface area is 94.7 Å². The van der Waals surface area contributed by atoms with Crippen molar-refractivity contribution in [3.8, 4) is 0 Å². The van der Waals surface area contributed by atoms with Crippen LogP contribution < -0.4 is 5.32 Å². The third-order valence-electron chi connectivity index (χ3n) is 2.13. The lowest BCUT2D eigenvalue weighted by molar-refractivity contribution is -0.127. The van der Waals surface area contributed by atoms with Gasteiger partial charge in [-0.3, -0.25) is 9.59 Å². The highest BCUT2D eigenvalue weighted by Gasteiger charge is 2.17. The Morgan fingerprint density at radius 2 is 2.31 bits per heavy atom. The van der Waals surface area contributed by atoms with Crippen molar-refractivity contribution in [3.63, 3.8) is 0 Å². The number of nitrogens with zero attached hydrogens (tertiary/aromatic N) is 1. The maximum atomic E-state index is 11.3. The van der Waals surface area contributed by atoms with Gasteiger partial charge in [0.05, 0.1) is 0 Å². The van der Waals surface area contributed by atoms with E-state index in [1.54, 1.807) is 6.08 Å². The molecule has 0 aromatic rings. The van der Waals surface area contributed by atoms with E-state index in [1.165, 1.54) is 11.0 Å². The first kappa shape index (κ1) is 12.4. The van der Waals surface area contributed by atoms with Crippen molar-refractivity contribution in [3.05, 3.63) is 24.4 Å². The third-order valence-corrected chi connectivity index (χ3v) is 2.13. The molecule has 0 spiro atoms. The number of carbonyl (C=O) groups excluding carboxylic acids is 2. The molecule has 0 atom stereocenters. The van der Waals surface area contributed by atoms with Crippen LogP contribution in [0.2, 0.25) is 0 Å². The van der Waals surface area contributed by atoms with Crippen LogP contribution in [0.25, 0.3) is 0 Å². The number of carbonyl (C=O) groups is 2. The van der Waals surface area contributed by atoms with Gasteiger partial charge in [0.15, 0.2) is 0 Å². The summed E-state index contributed by atoms with van der Waals surface area (Å²) in [6.07, 6.45) is 3.12. The summed E-state index contributed by atoms with van der Waals surface area (Å²) in [5.74, 6) is -0.267. The summed E-state index contributed by atoms with van der Waals surface area (Å²) in [6, 6.07) is 0. The predicted octanol–water partition coefficient (Wildman–Crippen LogP) is 0.0512. The molecule has 1 aliphatic heterocycles. The summed E-state index contributed by atoms with van der Waals surface area (Å²) in [4.78, 5) is 23.9. The van der Waals surface area contributed by atoms with Crippen molar-refractivity contribution >= 4 is 11.8 Å².